The first-order valence-electron chi connectivity index (χ1n) is 5.77. The van der Waals surface area contributed by atoms with E-state index >= 15 is 0 Å². The lowest BCUT2D eigenvalue weighted by Crippen LogP contribution is -2.09. The zero-order valence-corrected chi connectivity index (χ0v) is 11.5. The van der Waals surface area contributed by atoms with Gasteiger partial charge in [0.15, 0.2) is 0 Å². The fourth-order valence-electron chi connectivity index (χ4n) is 1.85. The molecule has 0 radical (unpaired) electrons. The van der Waals surface area contributed by atoms with E-state index in [0.717, 1.165) is 6.26 Å². The van der Waals surface area contributed by atoms with E-state index in [4.69, 9.17) is 5.11 Å². The number of benzene rings is 2. The minimum Gasteiger partial charge on any atom is -0.478 e. The van der Waals surface area contributed by atoms with E-state index in [9.17, 15) is 13.2 Å². The van der Waals surface area contributed by atoms with Crippen LogP contribution in [-0.4, -0.2) is 25.7 Å². The summed E-state index contributed by atoms with van der Waals surface area (Å²) in [7, 11) is -3.32. The molecule has 0 heterocycles. The average Bonchev–Trinajstić information content (AvgIpc) is 2.38. The first-order chi connectivity index (χ1) is 9.37. The van der Waals surface area contributed by atoms with Gasteiger partial charge in [-0.05, 0) is 29.3 Å². The van der Waals surface area contributed by atoms with Crippen molar-refractivity contribution in [1.29, 1.82) is 0 Å². The van der Waals surface area contributed by atoms with Gasteiger partial charge in [0.25, 0.3) is 0 Å². The molecule has 0 fully saturated rings. The minimum absolute atomic E-state index is 0.205. The highest BCUT2D eigenvalue weighted by Crippen LogP contribution is 2.25. The highest BCUT2D eigenvalue weighted by Gasteiger charge is 2.10. The third-order valence-corrected chi connectivity index (χ3v) is 3.26. The Labute approximate surface area is 116 Å². The molecule has 2 aromatic rings. The van der Waals surface area contributed by atoms with Gasteiger partial charge < -0.3 is 5.11 Å². The van der Waals surface area contributed by atoms with Crippen LogP contribution in [0.15, 0.2) is 48.5 Å². The van der Waals surface area contributed by atoms with Gasteiger partial charge in [0, 0.05) is 5.69 Å². The molecule has 0 amide bonds. The quantitative estimate of drug-likeness (QED) is 0.906. The normalized spacial score (nSPS) is 11.1. The van der Waals surface area contributed by atoms with E-state index in [1.54, 1.807) is 42.5 Å². The molecule has 104 valence electrons. The van der Waals surface area contributed by atoms with Crippen molar-refractivity contribution in [2.75, 3.05) is 11.0 Å². The summed E-state index contributed by atoms with van der Waals surface area (Å²) in [6, 6.07) is 13.2. The van der Waals surface area contributed by atoms with E-state index in [2.05, 4.69) is 4.72 Å². The number of aromatic carboxylic acids is 1. The maximum absolute atomic E-state index is 11.2. The molecule has 0 spiro atoms. The van der Waals surface area contributed by atoms with Gasteiger partial charge in [-0.2, -0.15) is 0 Å². The van der Waals surface area contributed by atoms with Crippen LogP contribution >= 0.6 is 0 Å². The van der Waals surface area contributed by atoms with Crippen LogP contribution in [0.25, 0.3) is 11.1 Å². The van der Waals surface area contributed by atoms with Gasteiger partial charge in [-0.3, -0.25) is 4.72 Å². The Morgan fingerprint density at radius 1 is 1.05 bits per heavy atom. The second kappa shape index (κ2) is 5.34. The number of sulfonamides is 1. The van der Waals surface area contributed by atoms with Gasteiger partial charge in [-0.25, -0.2) is 13.2 Å². The number of nitrogens with one attached hydrogen (secondary N) is 1. The molecule has 0 saturated heterocycles. The summed E-state index contributed by atoms with van der Waals surface area (Å²) < 4.78 is 24.6. The number of carboxylic acid groups (broad SMARTS) is 1. The monoisotopic (exact) mass is 291 g/mol. The van der Waals surface area contributed by atoms with Gasteiger partial charge >= 0.3 is 5.97 Å². The number of anilines is 1. The summed E-state index contributed by atoms with van der Waals surface area (Å²) in [5.41, 5.74) is 1.94. The smallest absolute Gasteiger partial charge is 0.336 e. The Kier molecular flexibility index (Phi) is 3.76. The summed E-state index contributed by atoms with van der Waals surface area (Å²) in [6.45, 7) is 0. The van der Waals surface area contributed by atoms with Crippen LogP contribution in [-0.2, 0) is 10.0 Å². The lowest BCUT2D eigenvalue weighted by atomic mass is 10.00. The van der Waals surface area contributed by atoms with Crippen LogP contribution in [0.5, 0.6) is 0 Å². The molecular formula is C14H13NO4S. The first-order valence-corrected chi connectivity index (χ1v) is 7.66. The second-order valence-electron chi connectivity index (χ2n) is 4.30. The van der Waals surface area contributed by atoms with E-state index in [0.29, 0.717) is 16.8 Å². The van der Waals surface area contributed by atoms with Crippen molar-refractivity contribution in [3.63, 3.8) is 0 Å². The van der Waals surface area contributed by atoms with Crippen molar-refractivity contribution in [3.05, 3.63) is 54.1 Å². The lowest BCUT2D eigenvalue weighted by molar-refractivity contribution is 0.0697. The molecule has 0 aliphatic heterocycles. The summed E-state index contributed by atoms with van der Waals surface area (Å²) in [5, 5.41) is 9.14. The molecule has 2 N–H and O–H groups in total. The molecule has 0 atom stereocenters. The van der Waals surface area contributed by atoms with Crippen LogP contribution in [0.2, 0.25) is 0 Å². The number of carboxylic acids is 1. The van der Waals surface area contributed by atoms with E-state index in [-0.39, 0.29) is 5.56 Å². The maximum atomic E-state index is 11.2. The van der Waals surface area contributed by atoms with Crippen molar-refractivity contribution in [2.45, 2.75) is 0 Å². The Balaban J connectivity index is 2.38. The molecule has 5 nitrogen and oxygen atoms in total. The highest BCUT2D eigenvalue weighted by atomic mass is 32.2. The molecule has 20 heavy (non-hydrogen) atoms. The van der Waals surface area contributed by atoms with E-state index in [1.165, 1.54) is 6.07 Å². The van der Waals surface area contributed by atoms with Crippen LogP contribution < -0.4 is 4.72 Å². The van der Waals surface area contributed by atoms with E-state index < -0.39 is 16.0 Å². The second-order valence-corrected chi connectivity index (χ2v) is 6.05. The molecule has 0 aliphatic rings. The number of hydrogen-bond donors (Lipinski definition) is 2. The predicted octanol–water partition coefficient (Wildman–Crippen LogP) is 2.42. The molecule has 0 unspecified atom stereocenters. The molecule has 6 heteroatoms. The van der Waals surface area contributed by atoms with Crippen LogP contribution in [0.1, 0.15) is 10.4 Å². The van der Waals surface area contributed by atoms with Gasteiger partial charge in [0.1, 0.15) is 0 Å². The molecule has 0 aliphatic carbocycles. The number of carbonyl (C=O) groups is 1. The Morgan fingerprint density at radius 3 is 2.20 bits per heavy atom. The minimum atomic E-state index is -3.32. The summed E-state index contributed by atoms with van der Waals surface area (Å²) in [4.78, 5) is 11.2. The van der Waals surface area contributed by atoms with Crippen molar-refractivity contribution in [3.8, 4) is 11.1 Å². The highest BCUT2D eigenvalue weighted by molar-refractivity contribution is 7.92. The maximum Gasteiger partial charge on any atom is 0.336 e. The van der Waals surface area contributed by atoms with Gasteiger partial charge in [-0.15, -0.1) is 0 Å². The van der Waals surface area contributed by atoms with Crippen LogP contribution in [0.4, 0.5) is 5.69 Å². The zero-order chi connectivity index (χ0) is 14.8. The van der Waals surface area contributed by atoms with Gasteiger partial charge in [-0.1, -0.05) is 30.3 Å². The zero-order valence-electron chi connectivity index (χ0n) is 10.7. The Morgan fingerprint density at radius 2 is 1.65 bits per heavy atom. The fourth-order valence-corrected chi connectivity index (χ4v) is 2.42. The van der Waals surface area contributed by atoms with E-state index in [1.807, 2.05) is 0 Å². The van der Waals surface area contributed by atoms with Crippen molar-refractivity contribution in [1.82, 2.24) is 0 Å². The number of hydrogen-bond acceptors (Lipinski definition) is 3. The van der Waals surface area contributed by atoms with Crippen molar-refractivity contribution < 1.29 is 18.3 Å². The molecule has 2 rings (SSSR count). The number of rotatable bonds is 4. The summed E-state index contributed by atoms with van der Waals surface area (Å²) in [6.07, 6.45) is 1.07. The molecule has 0 aromatic heterocycles. The molecule has 2 aromatic carbocycles. The fraction of sp³-hybridized carbons (Fsp3) is 0.0714. The Bertz CT molecular complexity index is 736. The standard InChI is InChI=1S/C14H13NO4S/c1-20(18,19)15-11-8-6-10(7-9-11)12-4-2-3-5-13(12)14(16)17/h2-9,15H,1H3,(H,16,17). The third kappa shape index (κ3) is 3.36. The largest absolute Gasteiger partial charge is 0.478 e. The topological polar surface area (TPSA) is 83.5 Å². The van der Waals surface area contributed by atoms with Crippen LogP contribution in [0.3, 0.4) is 0 Å². The SMILES string of the molecule is CS(=O)(=O)Nc1ccc(-c2ccccc2C(=O)O)cc1. The third-order valence-electron chi connectivity index (χ3n) is 2.66. The van der Waals surface area contributed by atoms with Crippen LogP contribution in [0, 0.1) is 0 Å². The molecule has 0 saturated carbocycles. The molecular weight excluding hydrogens is 278 g/mol. The van der Waals surface area contributed by atoms with Gasteiger partial charge in [0.05, 0.1) is 11.8 Å². The lowest BCUT2D eigenvalue weighted by Gasteiger charge is -2.08. The Hall–Kier alpha value is -2.34. The summed E-state index contributed by atoms with van der Waals surface area (Å²) in [5.74, 6) is -1.00. The average molecular weight is 291 g/mol. The molecule has 0 bridgehead atoms. The predicted molar refractivity (Wildman–Crippen MR) is 77.3 cm³/mol. The van der Waals surface area contributed by atoms with Crippen molar-refractivity contribution in [2.24, 2.45) is 0 Å². The van der Waals surface area contributed by atoms with Crippen molar-refractivity contribution >= 4 is 21.7 Å². The first kappa shape index (κ1) is 14.1. The summed E-state index contributed by atoms with van der Waals surface area (Å²) >= 11 is 0. The van der Waals surface area contributed by atoms with Gasteiger partial charge in [0.2, 0.25) is 10.0 Å².